The summed E-state index contributed by atoms with van der Waals surface area (Å²) in [6, 6.07) is 7.66. The molecular weight excluding hydrogens is 454 g/mol. The van der Waals surface area contributed by atoms with Gasteiger partial charge in [-0.15, -0.1) is 0 Å². The Morgan fingerprint density at radius 1 is 1.34 bits per heavy atom. The number of rotatable bonds is 7. The minimum absolute atomic E-state index is 0.119. The average Bonchev–Trinajstić information content (AvgIpc) is 3.21. The molecular formula is C17H15BrF2N6O3. The Morgan fingerprint density at radius 2 is 2.03 bits per heavy atom. The summed E-state index contributed by atoms with van der Waals surface area (Å²) in [6.45, 7) is 1.31. The molecule has 2 aromatic heterocycles. The molecule has 29 heavy (non-hydrogen) atoms. The third-order valence-corrected chi connectivity index (χ3v) is 4.59. The zero-order chi connectivity index (χ0) is 21.1. The van der Waals surface area contributed by atoms with Gasteiger partial charge in [-0.25, -0.2) is 8.78 Å². The number of carbonyl (C=O) groups excluding carboxylic acids is 1. The Kier molecular flexibility index (Phi) is 6.01. The number of hydrogen-bond donors (Lipinski definition) is 1. The van der Waals surface area contributed by atoms with Crippen LogP contribution in [0.3, 0.4) is 0 Å². The second kappa shape index (κ2) is 8.47. The fourth-order valence-electron chi connectivity index (χ4n) is 2.71. The van der Waals surface area contributed by atoms with Crippen molar-refractivity contribution in [3.63, 3.8) is 0 Å². The summed E-state index contributed by atoms with van der Waals surface area (Å²) < 4.78 is 29.4. The topological polar surface area (TPSA) is 108 Å². The predicted molar refractivity (Wildman–Crippen MR) is 103 cm³/mol. The van der Waals surface area contributed by atoms with E-state index in [4.69, 9.17) is 0 Å². The van der Waals surface area contributed by atoms with E-state index >= 15 is 0 Å². The monoisotopic (exact) mass is 468 g/mol. The van der Waals surface area contributed by atoms with Gasteiger partial charge in [0.1, 0.15) is 12.2 Å². The lowest BCUT2D eigenvalue weighted by atomic mass is 10.2. The number of nitro groups is 1. The zero-order valence-electron chi connectivity index (χ0n) is 15.1. The molecule has 152 valence electrons. The van der Waals surface area contributed by atoms with Crippen LogP contribution in [0.2, 0.25) is 0 Å². The number of carbonyl (C=O) groups is 1. The minimum Gasteiger partial charge on any atom is -0.322 e. The first kappa shape index (κ1) is 20.6. The van der Waals surface area contributed by atoms with Gasteiger partial charge in [0.05, 0.1) is 23.4 Å². The Hall–Kier alpha value is -3.15. The van der Waals surface area contributed by atoms with E-state index in [2.05, 4.69) is 31.4 Å². The van der Waals surface area contributed by atoms with Gasteiger partial charge < -0.3 is 5.32 Å². The van der Waals surface area contributed by atoms with E-state index in [9.17, 15) is 23.7 Å². The number of amides is 1. The van der Waals surface area contributed by atoms with E-state index in [0.29, 0.717) is 12.2 Å². The summed E-state index contributed by atoms with van der Waals surface area (Å²) in [5.41, 5.74) is -0.446. The van der Waals surface area contributed by atoms with Gasteiger partial charge >= 0.3 is 5.69 Å². The molecule has 9 nitrogen and oxygen atoms in total. The van der Waals surface area contributed by atoms with Crippen molar-refractivity contribution in [2.24, 2.45) is 0 Å². The van der Waals surface area contributed by atoms with Crippen molar-refractivity contribution in [1.29, 1.82) is 0 Å². The Bertz CT molecular complexity index is 1050. The SMILES string of the molecule is Cc1c([N+](=O)[O-])c(C(F)F)nn1CC(=O)Nc1cnn(Cc2ccc(Br)cc2)c1. The lowest BCUT2D eigenvalue weighted by Crippen LogP contribution is -2.20. The minimum atomic E-state index is -3.12. The van der Waals surface area contributed by atoms with Crippen molar-refractivity contribution >= 4 is 33.2 Å². The van der Waals surface area contributed by atoms with Crippen molar-refractivity contribution in [2.75, 3.05) is 5.32 Å². The first-order chi connectivity index (χ1) is 13.7. The molecule has 0 saturated heterocycles. The average molecular weight is 469 g/mol. The van der Waals surface area contributed by atoms with Gasteiger partial charge in [-0.05, 0) is 24.6 Å². The third kappa shape index (κ3) is 4.83. The molecule has 3 rings (SSSR count). The zero-order valence-corrected chi connectivity index (χ0v) is 16.6. The quantitative estimate of drug-likeness (QED) is 0.420. The van der Waals surface area contributed by atoms with Crippen LogP contribution in [0, 0.1) is 17.0 Å². The summed E-state index contributed by atoms with van der Waals surface area (Å²) in [5.74, 6) is -0.575. The van der Waals surface area contributed by atoms with E-state index in [1.54, 1.807) is 10.9 Å². The number of nitrogens with zero attached hydrogens (tertiary/aromatic N) is 5. The fourth-order valence-corrected chi connectivity index (χ4v) is 2.98. The molecule has 12 heteroatoms. The van der Waals surface area contributed by atoms with Crippen molar-refractivity contribution in [2.45, 2.75) is 26.4 Å². The Labute approximate surface area is 171 Å². The first-order valence-corrected chi connectivity index (χ1v) is 9.10. The molecule has 0 aliphatic rings. The van der Waals surface area contributed by atoms with Crippen LogP contribution in [0.1, 0.15) is 23.4 Å². The van der Waals surface area contributed by atoms with Crippen molar-refractivity contribution < 1.29 is 18.5 Å². The molecule has 1 amide bonds. The Balaban J connectivity index is 1.67. The van der Waals surface area contributed by atoms with E-state index in [1.165, 1.54) is 13.1 Å². The van der Waals surface area contributed by atoms with Crippen LogP contribution < -0.4 is 5.32 Å². The number of hydrogen-bond acceptors (Lipinski definition) is 5. The van der Waals surface area contributed by atoms with Crippen LogP contribution in [-0.4, -0.2) is 30.4 Å². The molecule has 0 fully saturated rings. The summed E-state index contributed by atoms with van der Waals surface area (Å²) in [7, 11) is 0. The summed E-state index contributed by atoms with van der Waals surface area (Å²) >= 11 is 3.36. The van der Waals surface area contributed by atoms with Crippen molar-refractivity contribution in [3.05, 3.63) is 68.2 Å². The molecule has 1 N–H and O–H groups in total. The van der Waals surface area contributed by atoms with E-state index < -0.39 is 35.2 Å². The van der Waals surface area contributed by atoms with Crippen LogP contribution in [0.5, 0.6) is 0 Å². The van der Waals surface area contributed by atoms with Gasteiger partial charge in [0.2, 0.25) is 11.6 Å². The number of halogens is 3. The molecule has 0 saturated carbocycles. The predicted octanol–water partition coefficient (Wildman–Crippen LogP) is 3.68. The maximum absolute atomic E-state index is 13.0. The van der Waals surface area contributed by atoms with Crippen molar-refractivity contribution in [3.8, 4) is 0 Å². The summed E-state index contributed by atoms with van der Waals surface area (Å²) in [5, 5.41) is 21.3. The lowest BCUT2D eigenvalue weighted by Gasteiger charge is -2.04. The van der Waals surface area contributed by atoms with Crippen molar-refractivity contribution in [1.82, 2.24) is 19.6 Å². The van der Waals surface area contributed by atoms with Crippen LogP contribution in [-0.2, 0) is 17.9 Å². The number of alkyl halides is 2. The van der Waals surface area contributed by atoms with Gasteiger partial charge in [0, 0.05) is 10.7 Å². The first-order valence-electron chi connectivity index (χ1n) is 8.31. The molecule has 0 spiro atoms. The normalized spacial score (nSPS) is 11.1. The largest absolute Gasteiger partial charge is 0.322 e. The standard InChI is InChI=1S/C17H15BrF2N6O3/c1-10-16(26(28)29)15(17(19)20)23-25(10)9-14(27)22-13-6-21-24(8-13)7-11-2-4-12(18)5-3-11/h2-6,8,17H,7,9H2,1H3,(H,22,27). The van der Waals surface area contributed by atoms with Gasteiger partial charge in [0.15, 0.2) is 0 Å². The fraction of sp³-hybridized carbons (Fsp3) is 0.235. The smallest absolute Gasteiger partial charge is 0.319 e. The molecule has 0 bridgehead atoms. The lowest BCUT2D eigenvalue weighted by molar-refractivity contribution is -0.386. The van der Waals surface area contributed by atoms with Crippen LogP contribution >= 0.6 is 15.9 Å². The molecule has 0 aliphatic carbocycles. The van der Waals surface area contributed by atoms with E-state index in [0.717, 1.165) is 14.7 Å². The highest BCUT2D eigenvalue weighted by Gasteiger charge is 2.31. The molecule has 0 atom stereocenters. The second-order valence-corrected chi connectivity index (χ2v) is 7.05. The highest BCUT2D eigenvalue weighted by atomic mass is 79.9. The number of anilines is 1. The van der Waals surface area contributed by atoms with E-state index in [1.807, 2.05) is 24.3 Å². The van der Waals surface area contributed by atoms with Crippen LogP contribution in [0.25, 0.3) is 0 Å². The maximum atomic E-state index is 13.0. The number of benzene rings is 1. The van der Waals surface area contributed by atoms with Crippen LogP contribution in [0.4, 0.5) is 20.2 Å². The number of nitrogens with one attached hydrogen (secondary N) is 1. The van der Waals surface area contributed by atoms with Gasteiger partial charge in [-0.1, -0.05) is 28.1 Å². The van der Waals surface area contributed by atoms with Crippen LogP contribution in [0.15, 0.2) is 41.1 Å². The van der Waals surface area contributed by atoms with Gasteiger partial charge in [-0.3, -0.25) is 24.3 Å². The molecule has 3 aromatic rings. The van der Waals surface area contributed by atoms with E-state index in [-0.39, 0.29) is 5.69 Å². The molecule has 1 aromatic carbocycles. The molecule has 2 heterocycles. The third-order valence-electron chi connectivity index (χ3n) is 4.06. The molecule has 0 radical (unpaired) electrons. The number of aromatic nitrogens is 4. The molecule has 0 unspecified atom stereocenters. The molecule has 0 aliphatic heterocycles. The second-order valence-electron chi connectivity index (χ2n) is 6.14. The Morgan fingerprint density at radius 3 is 2.62 bits per heavy atom. The maximum Gasteiger partial charge on any atom is 0.319 e. The highest BCUT2D eigenvalue weighted by molar-refractivity contribution is 9.10. The summed E-state index contributed by atoms with van der Waals surface area (Å²) in [4.78, 5) is 22.3. The summed E-state index contributed by atoms with van der Waals surface area (Å²) in [6.07, 6.45) is -0.0573. The highest BCUT2D eigenvalue weighted by Crippen LogP contribution is 2.30. The van der Waals surface area contributed by atoms with Gasteiger partial charge in [0.25, 0.3) is 6.43 Å². The van der Waals surface area contributed by atoms with Gasteiger partial charge in [-0.2, -0.15) is 10.2 Å².